The molecule has 28 heavy (non-hydrogen) atoms. The molecule has 0 aromatic heterocycles. The number of morpholine rings is 1. The van der Waals surface area contributed by atoms with Crippen LogP contribution in [0.5, 0.6) is 0 Å². The van der Waals surface area contributed by atoms with Crippen molar-refractivity contribution < 1.29 is 17.9 Å². The van der Waals surface area contributed by atoms with Crippen LogP contribution in [0.15, 0.2) is 24.3 Å². The Morgan fingerprint density at radius 2 is 2.00 bits per heavy atom. The lowest BCUT2D eigenvalue weighted by molar-refractivity contribution is -0.117. The second-order valence-electron chi connectivity index (χ2n) is 7.30. The molecule has 0 radical (unpaired) electrons. The van der Waals surface area contributed by atoms with Crippen LogP contribution < -0.4 is 5.32 Å². The molecule has 0 saturated carbocycles. The number of nitrogens with one attached hydrogen (secondary N) is 1. The van der Waals surface area contributed by atoms with Crippen molar-refractivity contribution in [2.24, 2.45) is 0 Å². The average molecular weight is 406 g/mol. The van der Waals surface area contributed by atoms with Gasteiger partial charge in [-0.1, -0.05) is 18.1 Å². The van der Waals surface area contributed by atoms with Crippen LogP contribution in [-0.2, 0) is 25.9 Å². The third kappa shape index (κ3) is 6.04. The quantitative estimate of drug-likeness (QED) is 0.669. The van der Waals surface area contributed by atoms with E-state index in [9.17, 15) is 13.2 Å². The first-order valence-corrected chi connectivity index (χ1v) is 11.3. The first kappa shape index (κ1) is 20.8. The summed E-state index contributed by atoms with van der Waals surface area (Å²) in [6.45, 7) is 4.60. The Kier molecular flexibility index (Phi) is 7.08. The van der Waals surface area contributed by atoms with Gasteiger partial charge in [0.1, 0.15) is 0 Å². The number of nitrogens with zero attached hydrogens (tertiary/aromatic N) is 2. The van der Waals surface area contributed by atoms with Crippen LogP contribution in [0.2, 0.25) is 0 Å². The Balaban J connectivity index is 1.52. The van der Waals surface area contributed by atoms with Crippen LogP contribution in [0.3, 0.4) is 0 Å². The molecule has 1 aromatic rings. The number of ether oxygens (including phenoxy) is 1. The molecule has 8 heteroatoms. The van der Waals surface area contributed by atoms with Gasteiger partial charge in [-0.05, 0) is 24.1 Å². The lowest BCUT2D eigenvalue weighted by atomic mass is 10.2. The van der Waals surface area contributed by atoms with E-state index >= 15 is 0 Å². The fourth-order valence-electron chi connectivity index (χ4n) is 3.59. The summed E-state index contributed by atoms with van der Waals surface area (Å²) in [6, 6.07) is 7.60. The predicted molar refractivity (Wildman–Crippen MR) is 109 cm³/mol. The first-order valence-electron chi connectivity index (χ1n) is 9.52. The van der Waals surface area contributed by atoms with E-state index in [2.05, 4.69) is 16.1 Å². The molecule has 2 heterocycles. The monoisotopic (exact) mass is 405 g/mol. The minimum absolute atomic E-state index is 0.0677. The third-order valence-electron chi connectivity index (χ3n) is 5.11. The van der Waals surface area contributed by atoms with Gasteiger partial charge in [-0.3, -0.25) is 14.6 Å². The molecule has 7 nitrogen and oxygen atoms in total. The highest BCUT2D eigenvalue weighted by atomic mass is 32.2. The summed E-state index contributed by atoms with van der Waals surface area (Å²) < 4.78 is 28.8. The van der Waals surface area contributed by atoms with Crippen LogP contribution in [-0.4, -0.2) is 81.1 Å². The second kappa shape index (κ2) is 9.52. The van der Waals surface area contributed by atoms with E-state index in [1.807, 2.05) is 24.3 Å². The number of hydrogen-bond donors (Lipinski definition) is 1. The average Bonchev–Trinajstić information content (AvgIpc) is 3.04. The molecule has 1 atom stereocenters. The number of terminal acetylenes is 1. The van der Waals surface area contributed by atoms with Crippen LogP contribution in [0.4, 0.5) is 5.69 Å². The van der Waals surface area contributed by atoms with Gasteiger partial charge in [0.05, 0.1) is 37.8 Å². The summed E-state index contributed by atoms with van der Waals surface area (Å²) in [5.74, 6) is 2.56. The summed E-state index contributed by atoms with van der Waals surface area (Å²) in [6.07, 6.45) is 5.92. The number of hydrogen-bond acceptors (Lipinski definition) is 6. The maximum absolute atomic E-state index is 12.4. The predicted octanol–water partition coefficient (Wildman–Crippen LogP) is 0.580. The van der Waals surface area contributed by atoms with Crippen LogP contribution in [0.25, 0.3) is 0 Å². The van der Waals surface area contributed by atoms with Crippen molar-refractivity contribution in [3.05, 3.63) is 29.8 Å². The Bertz CT molecular complexity index is 811. The minimum atomic E-state index is -3.02. The van der Waals surface area contributed by atoms with E-state index in [0.717, 1.165) is 38.5 Å². The van der Waals surface area contributed by atoms with Crippen LogP contribution in [0, 0.1) is 12.3 Å². The third-order valence-corrected chi connectivity index (χ3v) is 6.86. The van der Waals surface area contributed by atoms with Gasteiger partial charge in [0, 0.05) is 31.4 Å². The lowest BCUT2D eigenvalue weighted by Crippen LogP contribution is -2.41. The van der Waals surface area contributed by atoms with Crippen molar-refractivity contribution in [3.8, 4) is 12.3 Å². The fraction of sp³-hybridized carbons (Fsp3) is 0.550. The van der Waals surface area contributed by atoms with Gasteiger partial charge in [-0.2, -0.15) is 0 Å². The van der Waals surface area contributed by atoms with Crippen LogP contribution in [0.1, 0.15) is 12.0 Å². The van der Waals surface area contributed by atoms with Crippen molar-refractivity contribution in [2.45, 2.75) is 19.0 Å². The van der Waals surface area contributed by atoms with Gasteiger partial charge in [-0.15, -0.1) is 6.42 Å². The number of benzene rings is 1. The molecule has 2 aliphatic rings. The molecular formula is C20H27N3O4S. The Morgan fingerprint density at radius 3 is 2.61 bits per heavy atom. The van der Waals surface area contributed by atoms with Crippen molar-refractivity contribution in [1.29, 1.82) is 0 Å². The van der Waals surface area contributed by atoms with E-state index < -0.39 is 9.84 Å². The number of amides is 1. The largest absolute Gasteiger partial charge is 0.379 e. The second-order valence-corrected chi connectivity index (χ2v) is 9.53. The summed E-state index contributed by atoms with van der Waals surface area (Å²) in [5, 5.41) is 2.87. The van der Waals surface area contributed by atoms with Crippen molar-refractivity contribution in [3.63, 3.8) is 0 Å². The zero-order valence-electron chi connectivity index (χ0n) is 16.0. The van der Waals surface area contributed by atoms with Gasteiger partial charge in [0.2, 0.25) is 5.91 Å². The maximum atomic E-state index is 12.4. The van der Waals surface area contributed by atoms with E-state index in [0.29, 0.717) is 6.42 Å². The molecular weight excluding hydrogens is 378 g/mol. The minimum Gasteiger partial charge on any atom is -0.379 e. The van der Waals surface area contributed by atoms with E-state index in [-0.39, 0.29) is 36.5 Å². The standard InChI is InChI=1S/C20H27N3O4S/c1-2-8-23(19-7-13-28(25,26)16-19)15-20(24)21-18-5-3-17(4-6-18)14-22-9-11-27-12-10-22/h1,3-6,19H,7-16H2,(H,21,24). The van der Waals surface area contributed by atoms with Gasteiger partial charge >= 0.3 is 0 Å². The van der Waals surface area contributed by atoms with Crippen molar-refractivity contribution in [1.82, 2.24) is 9.80 Å². The van der Waals surface area contributed by atoms with Gasteiger partial charge in [0.15, 0.2) is 9.84 Å². The summed E-state index contributed by atoms with van der Waals surface area (Å²) in [5.41, 5.74) is 1.90. The normalized spacial score (nSPS) is 22.1. The zero-order valence-corrected chi connectivity index (χ0v) is 16.8. The van der Waals surface area contributed by atoms with Gasteiger partial charge in [-0.25, -0.2) is 8.42 Å². The van der Waals surface area contributed by atoms with Crippen molar-refractivity contribution in [2.75, 3.05) is 56.2 Å². The number of carbonyl (C=O) groups excluding carboxylic acids is 1. The molecule has 0 spiro atoms. The molecule has 0 aliphatic carbocycles. The molecule has 1 aromatic carbocycles. The van der Waals surface area contributed by atoms with E-state index in [1.54, 1.807) is 4.90 Å². The summed E-state index contributed by atoms with van der Waals surface area (Å²) >= 11 is 0. The molecule has 2 aliphatic heterocycles. The Morgan fingerprint density at radius 1 is 1.29 bits per heavy atom. The molecule has 1 amide bonds. The molecule has 1 N–H and O–H groups in total. The van der Waals surface area contributed by atoms with Gasteiger partial charge in [0.25, 0.3) is 0 Å². The van der Waals surface area contributed by atoms with Gasteiger partial charge < -0.3 is 10.1 Å². The Labute approximate surface area is 166 Å². The highest BCUT2D eigenvalue weighted by Gasteiger charge is 2.32. The van der Waals surface area contributed by atoms with E-state index in [1.165, 1.54) is 5.56 Å². The number of carbonyl (C=O) groups is 1. The highest BCUT2D eigenvalue weighted by Crippen LogP contribution is 2.18. The smallest absolute Gasteiger partial charge is 0.238 e. The molecule has 1 unspecified atom stereocenters. The van der Waals surface area contributed by atoms with E-state index in [4.69, 9.17) is 11.2 Å². The fourth-order valence-corrected chi connectivity index (χ4v) is 5.35. The maximum Gasteiger partial charge on any atom is 0.238 e. The molecule has 0 bridgehead atoms. The molecule has 2 saturated heterocycles. The SMILES string of the molecule is C#CCN(CC(=O)Nc1ccc(CN2CCOCC2)cc1)C1CCS(=O)(=O)C1. The number of anilines is 1. The Hall–Kier alpha value is -1.92. The number of sulfone groups is 1. The lowest BCUT2D eigenvalue weighted by Gasteiger charge is -2.26. The molecule has 2 fully saturated rings. The van der Waals surface area contributed by atoms with Crippen LogP contribution >= 0.6 is 0 Å². The summed E-state index contributed by atoms with van der Waals surface area (Å²) in [7, 11) is -3.02. The molecule has 152 valence electrons. The number of rotatable bonds is 7. The highest BCUT2D eigenvalue weighted by molar-refractivity contribution is 7.91. The molecule has 3 rings (SSSR count). The first-order chi connectivity index (χ1) is 13.4. The zero-order chi connectivity index (χ0) is 20.0. The summed E-state index contributed by atoms with van der Waals surface area (Å²) in [4.78, 5) is 16.5. The topological polar surface area (TPSA) is 79.0 Å². The van der Waals surface area contributed by atoms with Crippen molar-refractivity contribution >= 4 is 21.4 Å².